The second kappa shape index (κ2) is 7.04. The van der Waals surface area contributed by atoms with Crippen molar-refractivity contribution in [1.82, 2.24) is 4.98 Å². The van der Waals surface area contributed by atoms with Crippen LogP contribution in [0.1, 0.15) is 29.2 Å². The molecule has 0 aliphatic heterocycles. The van der Waals surface area contributed by atoms with Gasteiger partial charge in [-0.3, -0.25) is 0 Å². The molecule has 126 valence electrons. The zero-order chi connectivity index (χ0) is 17.2. The molecule has 0 saturated heterocycles. The van der Waals surface area contributed by atoms with E-state index >= 15 is 0 Å². The van der Waals surface area contributed by atoms with Crippen molar-refractivity contribution in [2.45, 2.75) is 26.4 Å². The molecular weight excluding hydrogens is 399 g/mol. The van der Waals surface area contributed by atoms with Gasteiger partial charge in [-0.1, -0.05) is 6.92 Å². The summed E-state index contributed by atoms with van der Waals surface area (Å²) in [6.45, 7) is 2.15. The molecule has 0 amide bonds. The van der Waals surface area contributed by atoms with Crippen LogP contribution < -0.4 is 4.74 Å². The van der Waals surface area contributed by atoms with E-state index in [0.717, 1.165) is 17.0 Å². The van der Waals surface area contributed by atoms with Crippen LogP contribution in [0.4, 0.5) is 13.2 Å². The maximum Gasteiger partial charge on any atom is 0.422 e. The van der Waals surface area contributed by atoms with Crippen LogP contribution >= 0.6 is 27.3 Å². The number of rotatable bonds is 5. The number of halogens is 4. The molecule has 2 heterocycles. The normalized spacial score (nSPS) is 11.7. The lowest BCUT2D eigenvalue weighted by atomic mass is 10.2. The van der Waals surface area contributed by atoms with Crippen molar-refractivity contribution in [3.63, 3.8) is 0 Å². The Labute approximate surface area is 142 Å². The minimum atomic E-state index is -4.51. The molecule has 0 unspecified atom stereocenters. The van der Waals surface area contributed by atoms with Gasteiger partial charge in [-0.2, -0.15) is 13.2 Å². The first-order valence-electron chi connectivity index (χ1n) is 6.75. The molecule has 4 nitrogen and oxygen atoms in total. The van der Waals surface area contributed by atoms with E-state index in [-0.39, 0.29) is 17.2 Å². The number of pyridine rings is 1. The number of fused-ring (bicyclic) bond motifs is 1. The largest absolute Gasteiger partial charge is 0.482 e. The Morgan fingerprint density at radius 2 is 2.09 bits per heavy atom. The molecule has 0 radical (unpaired) electrons. The number of hydrogen-bond acceptors (Lipinski definition) is 5. The summed E-state index contributed by atoms with van der Waals surface area (Å²) in [4.78, 5) is 16.8. The average Bonchev–Trinajstić information content (AvgIpc) is 2.81. The van der Waals surface area contributed by atoms with E-state index in [9.17, 15) is 18.0 Å². The SMILES string of the molecule is CCOC(=O)c1sc2nc(CC)c(Br)cc2c1OCC(F)(F)F. The average molecular weight is 412 g/mol. The first-order chi connectivity index (χ1) is 10.8. The molecule has 0 bridgehead atoms. The zero-order valence-electron chi connectivity index (χ0n) is 12.3. The predicted molar refractivity (Wildman–Crippen MR) is 84.2 cm³/mol. The van der Waals surface area contributed by atoms with Crippen LogP contribution in [0.3, 0.4) is 0 Å². The van der Waals surface area contributed by atoms with Crippen molar-refractivity contribution in [1.29, 1.82) is 0 Å². The minimum Gasteiger partial charge on any atom is -0.482 e. The molecule has 2 rings (SSSR count). The van der Waals surface area contributed by atoms with Gasteiger partial charge in [0.15, 0.2) is 17.2 Å². The fraction of sp³-hybridized carbons (Fsp3) is 0.429. The van der Waals surface area contributed by atoms with E-state index in [1.807, 2.05) is 6.92 Å². The lowest BCUT2D eigenvalue weighted by Gasteiger charge is -2.10. The van der Waals surface area contributed by atoms with E-state index in [2.05, 4.69) is 20.9 Å². The monoisotopic (exact) mass is 411 g/mol. The first-order valence-corrected chi connectivity index (χ1v) is 8.36. The molecule has 0 atom stereocenters. The van der Waals surface area contributed by atoms with Crippen LogP contribution in [0.25, 0.3) is 10.2 Å². The third kappa shape index (κ3) is 4.14. The number of aryl methyl sites for hydroxylation is 1. The van der Waals surface area contributed by atoms with Crippen LogP contribution in [0.5, 0.6) is 5.75 Å². The smallest absolute Gasteiger partial charge is 0.422 e. The fourth-order valence-electron chi connectivity index (χ4n) is 1.89. The molecule has 0 aromatic carbocycles. The van der Waals surface area contributed by atoms with E-state index in [1.165, 1.54) is 0 Å². The van der Waals surface area contributed by atoms with Gasteiger partial charge in [0, 0.05) is 4.47 Å². The van der Waals surface area contributed by atoms with Gasteiger partial charge in [0.05, 0.1) is 17.7 Å². The lowest BCUT2D eigenvalue weighted by Crippen LogP contribution is -2.20. The second-order valence-electron chi connectivity index (χ2n) is 4.51. The van der Waals surface area contributed by atoms with Crippen LogP contribution in [0.2, 0.25) is 0 Å². The highest BCUT2D eigenvalue weighted by atomic mass is 79.9. The summed E-state index contributed by atoms with van der Waals surface area (Å²) in [6.07, 6.45) is -3.86. The Morgan fingerprint density at radius 3 is 2.65 bits per heavy atom. The standard InChI is InChI=1S/C14H13BrF3NO3S/c1-3-9-8(15)5-7-10(22-6-14(16,17)18)11(13(20)21-4-2)23-12(7)19-9/h5H,3-4,6H2,1-2H3. The lowest BCUT2D eigenvalue weighted by molar-refractivity contribution is -0.153. The Kier molecular flexibility index (Phi) is 5.51. The topological polar surface area (TPSA) is 48.4 Å². The van der Waals surface area contributed by atoms with Crippen molar-refractivity contribution in [2.24, 2.45) is 0 Å². The van der Waals surface area contributed by atoms with Gasteiger partial charge in [0.25, 0.3) is 0 Å². The second-order valence-corrected chi connectivity index (χ2v) is 6.36. The van der Waals surface area contributed by atoms with Crippen molar-refractivity contribution in [3.8, 4) is 5.75 Å². The maximum atomic E-state index is 12.5. The summed E-state index contributed by atoms with van der Waals surface area (Å²) in [6, 6.07) is 1.62. The Balaban J connectivity index is 2.55. The van der Waals surface area contributed by atoms with Gasteiger partial charge in [0.1, 0.15) is 4.83 Å². The summed E-state index contributed by atoms with van der Waals surface area (Å²) < 4.78 is 47.8. The third-order valence-corrected chi connectivity index (χ3v) is 4.59. The number of ether oxygens (including phenoxy) is 2. The Hall–Kier alpha value is -1.35. The van der Waals surface area contributed by atoms with E-state index in [1.54, 1.807) is 13.0 Å². The van der Waals surface area contributed by atoms with Crippen LogP contribution in [0.15, 0.2) is 10.5 Å². The van der Waals surface area contributed by atoms with Gasteiger partial charge in [-0.05, 0) is 35.3 Å². The molecule has 0 saturated carbocycles. The summed E-state index contributed by atoms with van der Waals surface area (Å²) >= 11 is 4.29. The third-order valence-electron chi connectivity index (χ3n) is 2.84. The highest BCUT2D eigenvalue weighted by molar-refractivity contribution is 9.10. The summed E-state index contributed by atoms with van der Waals surface area (Å²) in [5.41, 5.74) is 0.747. The van der Waals surface area contributed by atoms with Gasteiger partial charge in [-0.25, -0.2) is 9.78 Å². The zero-order valence-corrected chi connectivity index (χ0v) is 14.7. The van der Waals surface area contributed by atoms with Gasteiger partial charge < -0.3 is 9.47 Å². The highest BCUT2D eigenvalue weighted by Gasteiger charge is 2.31. The molecular formula is C14H13BrF3NO3S. The molecule has 2 aromatic rings. The molecule has 9 heteroatoms. The van der Waals surface area contributed by atoms with Crippen LogP contribution in [-0.4, -0.2) is 30.3 Å². The number of alkyl halides is 3. The number of nitrogens with zero attached hydrogens (tertiary/aromatic N) is 1. The molecule has 0 spiro atoms. The first kappa shape index (κ1) is 18.0. The highest BCUT2D eigenvalue weighted by Crippen LogP contribution is 2.40. The maximum absolute atomic E-state index is 12.5. The van der Waals surface area contributed by atoms with Gasteiger partial charge in [-0.15, -0.1) is 11.3 Å². The Bertz CT molecular complexity index is 730. The molecule has 23 heavy (non-hydrogen) atoms. The van der Waals surface area contributed by atoms with Gasteiger partial charge in [0.2, 0.25) is 0 Å². The molecule has 2 aromatic heterocycles. The summed E-state index contributed by atoms with van der Waals surface area (Å²) in [5.74, 6) is -0.863. The number of carbonyl (C=O) groups excluding carboxylic acids is 1. The van der Waals surface area contributed by atoms with Crippen molar-refractivity contribution >= 4 is 43.5 Å². The molecule has 0 aliphatic rings. The Morgan fingerprint density at radius 1 is 1.39 bits per heavy atom. The van der Waals surface area contributed by atoms with E-state index in [4.69, 9.17) is 9.47 Å². The van der Waals surface area contributed by atoms with Crippen LogP contribution in [-0.2, 0) is 11.2 Å². The van der Waals surface area contributed by atoms with Gasteiger partial charge >= 0.3 is 12.1 Å². The molecule has 0 N–H and O–H groups in total. The number of aromatic nitrogens is 1. The number of carbonyl (C=O) groups is 1. The minimum absolute atomic E-state index is 0.0150. The summed E-state index contributed by atoms with van der Waals surface area (Å²) in [7, 11) is 0. The molecule has 0 aliphatic carbocycles. The number of thiophene rings is 1. The van der Waals surface area contributed by atoms with Crippen molar-refractivity contribution in [3.05, 3.63) is 21.1 Å². The fourth-order valence-corrected chi connectivity index (χ4v) is 3.50. The van der Waals surface area contributed by atoms with E-state index in [0.29, 0.717) is 21.1 Å². The van der Waals surface area contributed by atoms with Crippen molar-refractivity contribution < 1.29 is 27.4 Å². The van der Waals surface area contributed by atoms with Crippen LogP contribution in [0, 0.1) is 0 Å². The quantitative estimate of drug-likeness (QED) is 0.666. The summed E-state index contributed by atoms with van der Waals surface area (Å²) in [5, 5.41) is 0.353. The number of esters is 1. The number of hydrogen-bond donors (Lipinski definition) is 0. The molecule has 0 fully saturated rings. The van der Waals surface area contributed by atoms with E-state index < -0.39 is 18.8 Å². The predicted octanol–water partition coefficient (Wildman–Crippen LogP) is 4.74. The van der Waals surface area contributed by atoms with Crippen molar-refractivity contribution in [2.75, 3.05) is 13.2 Å².